The lowest BCUT2D eigenvalue weighted by molar-refractivity contribution is -0.349. The summed E-state index contributed by atoms with van der Waals surface area (Å²) in [4.78, 5) is 24.8. The van der Waals surface area contributed by atoms with Gasteiger partial charge < -0.3 is 33.7 Å². The number of hydrogen-bond acceptors (Lipinski definition) is 8. The third-order valence-electron chi connectivity index (χ3n) is 6.90. The van der Waals surface area contributed by atoms with Gasteiger partial charge in [-0.3, -0.25) is 9.59 Å². The van der Waals surface area contributed by atoms with Crippen LogP contribution in [-0.2, 0) is 51.2 Å². The molecular formula is C32H35NO8. The summed E-state index contributed by atoms with van der Waals surface area (Å²) in [5.41, 5.74) is 2.71. The molecule has 5 rings (SSSR count). The van der Waals surface area contributed by atoms with Crippen molar-refractivity contribution in [1.82, 2.24) is 5.32 Å². The molecule has 216 valence electrons. The van der Waals surface area contributed by atoms with E-state index < -0.39 is 36.9 Å². The molecule has 0 aromatic heterocycles. The lowest BCUT2D eigenvalue weighted by atomic mass is 9.95. The first-order valence-corrected chi connectivity index (χ1v) is 13.8. The Balaban J connectivity index is 1.29. The molecule has 2 aliphatic heterocycles. The van der Waals surface area contributed by atoms with Crippen molar-refractivity contribution in [2.45, 2.75) is 63.5 Å². The smallest absolute Gasteiger partial charge is 0.308 e. The van der Waals surface area contributed by atoms with Gasteiger partial charge >= 0.3 is 5.97 Å². The molecule has 6 atom stereocenters. The number of carbonyl (C=O) groups is 2. The van der Waals surface area contributed by atoms with Crippen LogP contribution in [-0.4, -0.2) is 55.7 Å². The Kier molecular flexibility index (Phi) is 10.1. The highest BCUT2D eigenvalue weighted by molar-refractivity contribution is 5.73. The molecule has 2 heterocycles. The van der Waals surface area contributed by atoms with Crippen molar-refractivity contribution in [2.75, 3.05) is 13.2 Å². The highest BCUT2D eigenvalue weighted by Crippen LogP contribution is 2.36. The second-order valence-corrected chi connectivity index (χ2v) is 9.97. The molecule has 0 unspecified atom stereocenters. The molecule has 3 aromatic carbocycles. The minimum atomic E-state index is -0.837. The number of amides is 1. The van der Waals surface area contributed by atoms with Gasteiger partial charge in [0.15, 0.2) is 12.6 Å². The first-order valence-electron chi connectivity index (χ1n) is 13.8. The number of esters is 1. The van der Waals surface area contributed by atoms with Crippen molar-refractivity contribution in [3.05, 3.63) is 108 Å². The Morgan fingerprint density at radius 3 is 2.12 bits per heavy atom. The molecule has 1 amide bonds. The fourth-order valence-corrected chi connectivity index (χ4v) is 4.92. The summed E-state index contributed by atoms with van der Waals surface area (Å²) in [5.74, 6) is -0.659. The highest BCUT2D eigenvalue weighted by Gasteiger charge is 2.51. The summed E-state index contributed by atoms with van der Waals surface area (Å²) in [7, 11) is 0. The maximum Gasteiger partial charge on any atom is 0.308 e. The van der Waals surface area contributed by atoms with Gasteiger partial charge in [-0.2, -0.15) is 0 Å². The molecule has 2 fully saturated rings. The second-order valence-electron chi connectivity index (χ2n) is 9.97. The van der Waals surface area contributed by atoms with Crippen LogP contribution < -0.4 is 5.32 Å². The van der Waals surface area contributed by atoms with Crippen molar-refractivity contribution >= 4 is 11.9 Å². The van der Waals surface area contributed by atoms with E-state index >= 15 is 0 Å². The van der Waals surface area contributed by atoms with Crippen LogP contribution in [0.5, 0.6) is 0 Å². The minimum Gasteiger partial charge on any atom is -0.461 e. The standard InChI is InChI=1S/C32H35NO8/c1-22(34)33-28-30(36-18-17-27(35)37-19-23-11-5-2-6-12-23)29-26(21-39-31(41-29)25-15-9-4-10-16-25)40-32(28)38-20-24-13-7-3-8-14-24/h2-16,26,28-32H,17-21H2,1H3,(H,33,34)/t26-,28+,29+,30-,31+,32+/m1/s1. The molecule has 1 N–H and O–H groups in total. The molecule has 0 spiro atoms. The van der Waals surface area contributed by atoms with Gasteiger partial charge in [-0.1, -0.05) is 91.0 Å². The van der Waals surface area contributed by atoms with E-state index in [2.05, 4.69) is 5.32 Å². The van der Waals surface area contributed by atoms with Crippen LogP contribution in [0.15, 0.2) is 91.0 Å². The molecule has 0 aliphatic carbocycles. The van der Waals surface area contributed by atoms with Gasteiger partial charge in [0.1, 0.15) is 31.0 Å². The molecule has 0 bridgehead atoms. The summed E-state index contributed by atoms with van der Waals surface area (Å²) < 4.78 is 36.6. The van der Waals surface area contributed by atoms with Crippen LogP contribution in [0.4, 0.5) is 0 Å². The average molecular weight is 562 g/mol. The Labute approximate surface area is 239 Å². The molecule has 9 nitrogen and oxygen atoms in total. The number of rotatable bonds is 11. The number of benzene rings is 3. The molecule has 41 heavy (non-hydrogen) atoms. The fourth-order valence-electron chi connectivity index (χ4n) is 4.92. The SMILES string of the molecule is CC(=O)N[C@@H]1[C@@H](OCc2ccccc2)O[C@@H]2CO[C@H](c3ccccc3)O[C@@H]2[C@@H]1OCCC(=O)OCc1ccccc1. The Morgan fingerprint density at radius 1 is 0.829 bits per heavy atom. The van der Waals surface area contributed by atoms with Gasteiger partial charge in [-0.25, -0.2) is 0 Å². The summed E-state index contributed by atoms with van der Waals surface area (Å²) in [6, 6.07) is 28.0. The number of fused-ring (bicyclic) bond motifs is 1. The van der Waals surface area contributed by atoms with E-state index in [9.17, 15) is 9.59 Å². The van der Waals surface area contributed by atoms with Crippen molar-refractivity contribution in [1.29, 1.82) is 0 Å². The first-order chi connectivity index (χ1) is 20.1. The maximum absolute atomic E-state index is 12.5. The summed E-state index contributed by atoms with van der Waals surface area (Å²) in [6.07, 6.45) is -3.24. The summed E-state index contributed by atoms with van der Waals surface area (Å²) in [6.45, 7) is 2.18. The normalized spacial score (nSPS) is 25.6. The third kappa shape index (κ3) is 8.00. The monoisotopic (exact) mass is 561 g/mol. The molecular weight excluding hydrogens is 526 g/mol. The average Bonchev–Trinajstić information content (AvgIpc) is 3.01. The van der Waals surface area contributed by atoms with Crippen LogP contribution in [0.1, 0.15) is 36.3 Å². The van der Waals surface area contributed by atoms with Crippen molar-refractivity contribution in [3.8, 4) is 0 Å². The van der Waals surface area contributed by atoms with Gasteiger partial charge in [-0.15, -0.1) is 0 Å². The molecule has 9 heteroatoms. The first kappa shape index (κ1) is 28.9. The largest absolute Gasteiger partial charge is 0.461 e. The van der Waals surface area contributed by atoms with Crippen molar-refractivity contribution in [2.24, 2.45) is 0 Å². The Bertz CT molecular complexity index is 1240. The summed E-state index contributed by atoms with van der Waals surface area (Å²) >= 11 is 0. The Hall–Kier alpha value is -3.60. The van der Waals surface area contributed by atoms with Crippen molar-refractivity contribution < 1.29 is 38.0 Å². The van der Waals surface area contributed by atoms with Crippen LogP contribution >= 0.6 is 0 Å². The van der Waals surface area contributed by atoms with Gasteiger partial charge in [0.2, 0.25) is 5.91 Å². The van der Waals surface area contributed by atoms with Gasteiger partial charge in [0, 0.05) is 12.5 Å². The van der Waals surface area contributed by atoms with Crippen LogP contribution in [0.2, 0.25) is 0 Å². The topological polar surface area (TPSA) is 102 Å². The second kappa shape index (κ2) is 14.3. The zero-order valence-electron chi connectivity index (χ0n) is 22.9. The van der Waals surface area contributed by atoms with E-state index in [1.807, 2.05) is 91.0 Å². The predicted molar refractivity (Wildman–Crippen MR) is 148 cm³/mol. The van der Waals surface area contributed by atoms with E-state index in [0.717, 1.165) is 16.7 Å². The van der Waals surface area contributed by atoms with Crippen LogP contribution in [0, 0.1) is 0 Å². The molecule has 2 aliphatic rings. The van der Waals surface area contributed by atoms with Gasteiger partial charge in [-0.05, 0) is 11.1 Å². The summed E-state index contributed by atoms with van der Waals surface area (Å²) in [5, 5.41) is 2.94. The van der Waals surface area contributed by atoms with E-state index in [0.29, 0.717) is 0 Å². The lowest BCUT2D eigenvalue weighted by Crippen LogP contribution is -2.67. The predicted octanol–water partition coefficient (Wildman–Crippen LogP) is 4.07. The van der Waals surface area contributed by atoms with Crippen molar-refractivity contribution in [3.63, 3.8) is 0 Å². The molecule has 0 radical (unpaired) electrons. The van der Waals surface area contributed by atoms with Crippen LogP contribution in [0.3, 0.4) is 0 Å². The molecule has 3 aromatic rings. The third-order valence-corrected chi connectivity index (χ3v) is 6.90. The van der Waals surface area contributed by atoms with Crippen LogP contribution in [0.25, 0.3) is 0 Å². The number of nitrogens with one attached hydrogen (secondary N) is 1. The Morgan fingerprint density at radius 2 is 1.46 bits per heavy atom. The zero-order valence-corrected chi connectivity index (χ0v) is 22.9. The lowest BCUT2D eigenvalue weighted by Gasteiger charge is -2.49. The van der Waals surface area contributed by atoms with Gasteiger partial charge in [0.25, 0.3) is 0 Å². The molecule has 2 saturated heterocycles. The van der Waals surface area contributed by atoms with E-state index in [4.69, 9.17) is 28.4 Å². The van der Waals surface area contributed by atoms with E-state index in [1.54, 1.807) is 0 Å². The van der Waals surface area contributed by atoms with Gasteiger partial charge in [0.05, 0.1) is 26.2 Å². The molecule has 0 saturated carbocycles. The number of ether oxygens (including phenoxy) is 6. The quantitative estimate of drug-likeness (QED) is 0.350. The van der Waals surface area contributed by atoms with E-state index in [1.165, 1.54) is 6.92 Å². The maximum atomic E-state index is 12.5. The minimum absolute atomic E-state index is 0.0303. The zero-order chi connectivity index (χ0) is 28.4. The highest BCUT2D eigenvalue weighted by atomic mass is 16.7. The number of hydrogen-bond donors (Lipinski definition) is 1. The fraction of sp³-hybridized carbons (Fsp3) is 0.375. The van der Waals surface area contributed by atoms with E-state index in [-0.39, 0.29) is 44.7 Å². The number of carbonyl (C=O) groups excluding carboxylic acids is 2.